The van der Waals surface area contributed by atoms with Crippen molar-refractivity contribution in [2.24, 2.45) is 5.10 Å². The predicted molar refractivity (Wildman–Crippen MR) is 123 cm³/mol. The Morgan fingerprint density at radius 1 is 1.21 bits per heavy atom. The van der Waals surface area contributed by atoms with Crippen LogP contribution in [-0.4, -0.2) is 44.0 Å². The first-order chi connectivity index (χ1) is 16.5. The molecule has 1 amide bonds. The maximum atomic E-state index is 13.0. The maximum absolute atomic E-state index is 13.0. The van der Waals surface area contributed by atoms with Crippen molar-refractivity contribution in [3.63, 3.8) is 0 Å². The van der Waals surface area contributed by atoms with Gasteiger partial charge >= 0.3 is 0 Å². The number of hydrogen-bond acceptors (Lipinski definition) is 10. The number of nitrogens with two attached hydrogens (primary N) is 1. The molecule has 2 aromatic carbocycles. The number of benzene rings is 2. The van der Waals surface area contributed by atoms with Gasteiger partial charge in [-0.05, 0) is 47.1 Å². The van der Waals surface area contributed by atoms with Gasteiger partial charge in [0.05, 0.1) is 29.6 Å². The van der Waals surface area contributed by atoms with Gasteiger partial charge in [0.1, 0.15) is 0 Å². The Kier molecular flexibility index (Phi) is 6.26. The number of carbonyl (C=O) groups is 1. The van der Waals surface area contributed by atoms with E-state index >= 15 is 0 Å². The van der Waals surface area contributed by atoms with Crippen LogP contribution in [-0.2, 0) is 6.54 Å². The summed E-state index contributed by atoms with van der Waals surface area (Å²) in [7, 11) is 1.87. The molecule has 0 fully saturated rings. The van der Waals surface area contributed by atoms with Crippen molar-refractivity contribution in [2.75, 3.05) is 17.7 Å². The number of hydrazone groups is 1. The van der Waals surface area contributed by atoms with Crippen LogP contribution in [0, 0.1) is 11.3 Å². The van der Waals surface area contributed by atoms with Crippen LogP contribution in [0.25, 0.3) is 5.82 Å². The Labute approximate surface area is 194 Å². The standard InChI is InChI=1S/C22H20N10O2/c1-14(16-10-8-15(12-23)9-11-16)25-27-22(33)19-18(13-31(2)17-6-4-3-5-7-17)32(30-26-19)21-20(24)28-34-29-21/h3-11H,13H2,1-2H3,(H2,24,28)(H,27,33)/b25-14+. The van der Waals surface area contributed by atoms with Gasteiger partial charge in [-0.3, -0.25) is 4.79 Å². The lowest BCUT2D eigenvalue weighted by molar-refractivity contribution is 0.0948. The first kappa shape index (κ1) is 22.2. The zero-order chi connectivity index (χ0) is 24.1. The van der Waals surface area contributed by atoms with Crippen molar-refractivity contribution in [1.82, 2.24) is 30.7 Å². The smallest absolute Gasteiger partial charge is 0.293 e. The van der Waals surface area contributed by atoms with Gasteiger partial charge in [-0.15, -0.1) is 5.10 Å². The van der Waals surface area contributed by atoms with Gasteiger partial charge in [-0.2, -0.15) is 15.0 Å². The minimum absolute atomic E-state index is 0.00940. The molecule has 4 aromatic rings. The first-order valence-corrected chi connectivity index (χ1v) is 10.1. The molecule has 4 rings (SSSR count). The summed E-state index contributed by atoms with van der Waals surface area (Å²) in [6.07, 6.45) is 0. The largest absolute Gasteiger partial charge is 0.378 e. The van der Waals surface area contributed by atoms with Gasteiger partial charge in [-0.25, -0.2) is 10.1 Å². The predicted octanol–water partition coefficient (Wildman–Crippen LogP) is 1.89. The number of nitrogen functional groups attached to an aromatic ring is 1. The molecule has 2 aromatic heterocycles. The van der Waals surface area contributed by atoms with E-state index in [0.717, 1.165) is 11.3 Å². The summed E-state index contributed by atoms with van der Waals surface area (Å²) in [5, 5.41) is 28.5. The lowest BCUT2D eigenvalue weighted by atomic mass is 10.1. The van der Waals surface area contributed by atoms with Crippen molar-refractivity contribution >= 4 is 23.1 Å². The number of anilines is 2. The van der Waals surface area contributed by atoms with Gasteiger partial charge < -0.3 is 10.6 Å². The number of nitrogens with one attached hydrogen (secondary N) is 1. The highest BCUT2D eigenvalue weighted by atomic mass is 16.6. The Morgan fingerprint density at radius 3 is 2.59 bits per heavy atom. The molecule has 12 nitrogen and oxygen atoms in total. The molecule has 0 aliphatic heterocycles. The fourth-order valence-electron chi connectivity index (χ4n) is 3.16. The molecule has 12 heteroatoms. The quantitative estimate of drug-likeness (QED) is 0.312. The molecule has 34 heavy (non-hydrogen) atoms. The molecule has 0 aliphatic carbocycles. The third-order valence-electron chi connectivity index (χ3n) is 5.02. The summed E-state index contributed by atoms with van der Waals surface area (Å²) in [5.74, 6) is -0.429. The minimum Gasteiger partial charge on any atom is -0.378 e. The van der Waals surface area contributed by atoms with Crippen LogP contribution >= 0.6 is 0 Å². The third kappa shape index (κ3) is 4.58. The summed E-state index contributed by atoms with van der Waals surface area (Å²) < 4.78 is 6.01. The van der Waals surface area contributed by atoms with Crippen molar-refractivity contribution < 1.29 is 9.42 Å². The Morgan fingerprint density at radius 2 is 1.94 bits per heavy atom. The summed E-state index contributed by atoms with van der Waals surface area (Å²) in [6.45, 7) is 1.99. The highest BCUT2D eigenvalue weighted by Crippen LogP contribution is 2.20. The van der Waals surface area contributed by atoms with E-state index in [9.17, 15) is 4.79 Å². The summed E-state index contributed by atoms with van der Waals surface area (Å²) in [6, 6.07) is 18.5. The Balaban J connectivity index is 1.62. The molecule has 0 saturated carbocycles. The summed E-state index contributed by atoms with van der Waals surface area (Å²) in [4.78, 5) is 14.9. The van der Waals surface area contributed by atoms with Crippen molar-refractivity contribution in [3.05, 3.63) is 77.1 Å². The van der Waals surface area contributed by atoms with Crippen LogP contribution in [0.5, 0.6) is 0 Å². The van der Waals surface area contributed by atoms with E-state index in [4.69, 9.17) is 11.0 Å². The molecule has 0 unspecified atom stereocenters. The van der Waals surface area contributed by atoms with E-state index < -0.39 is 5.91 Å². The van der Waals surface area contributed by atoms with Crippen molar-refractivity contribution in [3.8, 4) is 11.9 Å². The molecule has 170 valence electrons. The highest BCUT2D eigenvalue weighted by Gasteiger charge is 2.25. The average Bonchev–Trinajstić information content (AvgIpc) is 3.48. The first-order valence-electron chi connectivity index (χ1n) is 10.1. The molecule has 0 radical (unpaired) electrons. The monoisotopic (exact) mass is 456 g/mol. The Bertz CT molecular complexity index is 1370. The molecule has 2 heterocycles. The van der Waals surface area contributed by atoms with Gasteiger partial charge in [0.2, 0.25) is 11.6 Å². The number of para-hydroxylation sites is 1. The summed E-state index contributed by atoms with van der Waals surface area (Å²) in [5.41, 5.74) is 11.6. The van der Waals surface area contributed by atoms with Crippen molar-refractivity contribution in [2.45, 2.75) is 13.5 Å². The zero-order valence-electron chi connectivity index (χ0n) is 18.4. The maximum Gasteiger partial charge on any atom is 0.293 e. The number of hydrogen-bond donors (Lipinski definition) is 2. The molecule has 0 bridgehead atoms. The van der Waals surface area contributed by atoms with Crippen LogP contribution in [0.4, 0.5) is 11.5 Å². The third-order valence-corrected chi connectivity index (χ3v) is 5.02. The van der Waals surface area contributed by atoms with Gasteiger partial charge in [-0.1, -0.05) is 35.5 Å². The minimum atomic E-state index is -0.564. The molecular weight excluding hydrogens is 436 g/mol. The van der Waals surface area contributed by atoms with E-state index in [1.165, 1.54) is 4.68 Å². The SMILES string of the molecule is C/C(=N\NC(=O)c1nnn(-c2nonc2N)c1CN(C)c1ccccc1)c1ccc(C#N)cc1. The lowest BCUT2D eigenvalue weighted by Gasteiger charge is -2.19. The van der Waals surface area contributed by atoms with Gasteiger partial charge in [0, 0.05) is 12.7 Å². The van der Waals surface area contributed by atoms with E-state index in [2.05, 4.69) is 41.9 Å². The second kappa shape index (κ2) is 9.61. The number of aromatic nitrogens is 5. The Hall–Kier alpha value is -5.05. The number of nitriles is 1. The molecule has 0 aliphatic rings. The average molecular weight is 456 g/mol. The normalized spacial score (nSPS) is 11.1. The molecule has 0 saturated heterocycles. The van der Waals surface area contributed by atoms with Crippen LogP contribution in [0.2, 0.25) is 0 Å². The molecule has 3 N–H and O–H groups in total. The highest BCUT2D eigenvalue weighted by molar-refractivity contribution is 6.00. The van der Waals surface area contributed by atoms with E-state index in [1.54, 1.807) is 31.2 Å². The van der Waals surface area contributed by atoms with E-state index in [1.807, 2.05) is 42.3 Å². The summed E-state index contributed by atoms with van der Waals surface area (Å²) >= 11 is 0. The second-order valence-corrected chi connectivity index (χ2v) is 7.29. The fraction of sp³-hybridized carbons (Fsp3) is 0.136. The van der Waals surface area contributed by atoms with Crippen molar-refractivity contribution in [1.29, 1.82) is 5.26 Å². The number of carbonyl (C=O) groups excluding carboxylic acids is 1. The lowest BCUT2D eigenvalue weighted by Crippen LogP contribution is -2.25. The molecular formula is C22H20N10O2. The van der Waals surface area contributed by atoms with Crippen LogP contribution in [0.3, 0.4) is 0 Å². The van der Waals surface area contributed by atoms with E-state index in [-0.39, 0.29) is 23.9 Å². The molecule has 0 atom stereocenters. The fourth-order valence-corrected chi connectivity index (χ4v) is 3.16. The van der Waals surface area contributed by atoms with Gasteiger partial charge in [0.25, 0.3) is 5.91 Å². The molecule has 0 spiro atoms. The number of nitrogens with zero attached hydrogens (tertiary/aromatic N) is 8. The van der Waals surface area contributed by atoms with Crippen LogP contribution < -0.4 is 16.1 Å². The number of rotatable bonds is 7. The van der Waals surface area contributed by atoms with Crippen LogP contribution in [0.1, 0.15) is 34.2 Å². The zero-order valence-corrected chi connectivity index (χ0v) is 18.4. The topological polar surface area (TPSA) is 164 Å². The number of amides is 1. The van der Waals surface area contributed by atoms with E-state index in [0.29, 0.717) is 17.0 Å². The second-order valence-electron chi connectivity index (χ2n) is 7.29. The van der Waals surface area contributed by atoms with Crippen LogP contribution in [0.15, 0.2) is 64.3 Å². The van der Waals surface area contributed by atoms with Gasteiger partial charge in [0.15, 0.2) is 5.69 Å².